The lowest BCUT2D eigenvalue weighted by Crippen LogP contribution is -2.35. The highest BCUT2D eigenvalue weighted by atomic mass is 35.5. The number of halogens is 7. The SMILES string of the molecule is FC(Cl)(Cl)C(F)(Cl)[C](Cl)Cl. The van der Waals surface area contributed by atoms with Crippen molar-refractivity contribution in [3.8, 4) is 0 Å². The third-order valence-corrected chi connectivity index (χ3v) is 2.47. The first kappa shape index (κ1) is 11.3. The lowest BCUT2D eigenvalue weighted by molar-refractivity contribution is 0.189. The summed E-state index contributed by atoms with van der Waals surface area (Å²) in [6.07, 6.45) is 0. The summed E-state index contributed by atoms with van der Waals surface area (Å²) in [6, 6.07) is 0. The third kappa shape index (κ3) is 2.42. The second-order valence-corrected chi connectivity index (χ2v) is 4.04. The zero-order valence-electron chi connectivity index (χ0n) is 4.15. The Morgan fingerprint density at radius 1 is 1.00 bits per heavy atom. The summed E-state index contributed by atoms with van der Waals surface area (Å²) in [7, 11) is 0. The molecule has 0 N–H and O–H groups in total. The smallest absolute Gasteiger partial charge is 0.216 e. The zero-order valence-corrected chi connectivity index (χ0v) is 7.93. The third-order valence-electron chi connectivity index (χ3n) is 0.593. The van der Waals surface area contributed by atoms with Gasteiger partial charge < -0.3 is 0 Å². The predicted molar refractivity (Wildman–Crippen MR) is 40.2 cm³/mol. The minimum absolute atomic E-state index is 1.08. The summed E-state index contributed by atoms with van der Waals surface area (Å²) in [6.45, 7) is 0. The number of hydrogen-bond donors (Lipinski definition) is 0. The monoisotopic (exact) mass is 249 g/mol. The van der Waals surface area contributed by atoms with E-state index in [1.807, 2.05) is 0 Å². The molecule has 7 heteroatoms. The normalized spacial score (nSPS) is 19.2. The Bertz CT molecular complexity index is 117. The number of hydrogen-bond acceptors (Lipinski definition) is 0. The van der Waals surface area contributed by atoms with Gasteiger partial charge in [-0.3, -0.25) is 0 Å². The van der Waals surface area contributed by atoms with Crippen LogP contribution < -0.4 is 0 Å². The molecule has 0 aromatic carbocycles. The Kier molecular flexibility index (Phi) is 3.80. The Balaban J connectivity index is 4.40. The maximum Gasteiger partial charge on any atom is 0.308 e. The van der Waals surface area contributed by atoms with E-state index in [4.69, 9.17) is 34.8 Å². The Hall–Kier alpha value is 1.31. The highest BCUT2D eigenvalue weighted by Gasteiger charge is 2.56. The van der Waals surface area contributed by atoms with Gasteiger partial charge in [-0.15, -0.1) is 0 Å². The molecule has 0 saturated carbocycles. The van der Waals surface area contributed by atoms with Crippen molar-refractivity contribution in [3.05, 3.63) is 4.84 Å². The van der Waals surface area contributed by atoms with Crippen LogP contribution in [0.1, 0.15) is 0 Å². The largest absolute Gasteiger partial charge is 0.308 e. The zero-order chi connectivity index (χ0) is 8.58. The Labute approximate surface area is 81.3 Å². The number of rotatable bonds is 2. The van der Waals surface area contributed by atoms with Crippen LogP contribution in [0.2, 0.25) is 0 Å². The molecule has 0 fully saturated rings. The fraction of sp³-hybridized carbons (Fsp3) is 0.667. The van der Waals surface area contributed by atoms with Crippen LogP contribution in [0.25, 0.3) is 0 Å². The van der Waals surface area contributed by atoms with Crippen molar-refractivity contribution in [1.82, 2.24) is 0 Å². The van der Waals surface area contributed by atoms with E-state index in [1.165, 1.54) is 0 Å². The molecule has 1 unspecified atom stereocenters. The molecule has 0 rings (SSSR count). The predicted octanol–water partition coefficient (Wildman–Crippen LogP) is 3.96. The fourth-order valence-corrected chi connectivity index (χ4v) is 0.750. The Morgan fingerprint density at radius 2 is 1.30 bits per heavy atom. The van der Waals surface area contributed by atoms with Gasteiger partial charge in [-0.1, -0.05) is 58.0 Å². The minimum Gasteiger partial charge on any atom is -0.216 e. The lowest BCUT2D eigenvalue weighted by atomic mass is 10.4. The van der Waals surface area contributed by atoms with Gasteiger partial charge >= 0.3 is 4.59 Å². The van der Waals surface area contributed by atoms with Crippen molar-refractivity contribution in [1.29, 1.82) is 0 Å². The molecule has 0 aliphatic carbocycles. The molecule has 0 aliphatic rings. The number of alkyl halides is 5. The van der Waals surface area contributed by atoms with E-state index in [9.17, 15) is 8.78 Å². The van der Waals surface area contributed by atoms with Crippen molar-refractivity contribution in [2.24, 2.45) is 0 Å². The summed E-state index contributed by atoms with van der Waals surface area (Å²) in [5.74, 6) is 0. The molecule has 0 aromatic heterocycles. The minimum atomic E-state index is -3.34. The van der Waals surface area contributed by atoms with Crippen LogP contribution in [-0.4, -0.2) is 9.72 Å². The van der Waals surface area contributed by atoms with E-state index >= 15 is 0 Å². The first-order chi connectivity index (χ1) is 4.19. The molecule has 10 heavy (non-hydrogen) atoms. The molecule has 0 nitrogen and oxygen atoms in total. The van der Waals surface area contributed by atoms with Crippen molar-refractivity contribution in [2.75, 3.05) is 0 Å². The van der Waals surface area contributed by atoms with Crippen LogP contribution in [0.3, 0.4) is 0 Å². The van der Waals surface area contributed by atoms with Gasteiger partial charge in [0.25, 0.3) is 5.13 Å². The highest BCUT2D eigenvalue weighted by Crippen LogP contribution is 2.50. The van der Waals surface area contributed by atoms with Gasteiger partial charge in [-0.2, -0.15) is 0 Å². The van der Waals surface area contributed by atoms with Gasteiger partial charge in [0.15, 0.2) is 0 Å². The summed E-state index contributed by atoms with van der Waals surface area (Å²) >= 11 is 23.6. The second kappa shape index (κ2) is 3.36. The first-order valence-electron chi connectivity index (χ1n) is 1.82. The van der Waals surface area contributed by atoms with Gasteiger partial charge in [-0.05, 0) is 0 Å². The first-order valence-corrected chi connectivity index (χ1v) is 3.71. The van der Waals surface area contributed by atoms with E-state index in [2.05, 4.69) is 23.2 Å². The van der Waals surface area contributed by atoms with Crippen molar-refractivity contribution < 1.29 is 8.78 Å². The maximum absolute atomic E-state index is 12.5. The van der Waals surface area contributed by atoms with Crippen LogP contribution >= 0.6 is 58.0 Å². The van der Waals surface area contributed by atoms with Crippen LogP contribution in [0.5, 0.6) is 0 Å². The van der Waals surface area contributed by atoms with Gasteiger partial charge in [0.05, 0.1) is 0 Å². The molecule has 0 bridgehead atoms. The molecule has 1 radical (unpaired) electrons. The van der Waals surface area contributed by atoms with E-state index in [-0.39, 0.29) is 0 Å². The van der Waals surface area contributed by atoms with E-state index in [0.717, 1.165) is 0 Å². The molecule has 1 atom stereocenters. The van der Waals surface area contributed by atoms with Gasteiger partial charge in [0.2, 0.25) is 4.84 Å². The molecule has 0 amide bonds. The molecular weight excluding hydrogens is 251 g/mol. The topological polar surface area (TPSA) is 0 Å². The summed E-state index contributed by atoms with van der Waals surface area (Å²) in [5, 5.41) is -3.28. The van der Waals surface area contributed by atoms with Crippen molar-refractivity contribution in [3.63, 3.8) is 0 Å². The Morgan fingerprint density at radius 3 is 1.30 bits per heavy atom. The fourth-order valence-electron chi connectivity index (χ4n) is 0.107. The standard InChI is InChI=1S/C3Cl5F2/c4-1(5)2(6,9)3(7,8)10. The van der Waals surface area contributed by atoms with E-state index in [0.29, 0.717) is 0 Å². The quantitative estimate of drug-likeness (QED) is 0.652. The summed E-state index contributed by atoms with van der Waals surface area (Å²) < 4.78 is 21.5. The summed E-state index contributed by atoms with van der Waals surface area (Å²) in [5.41, 5.74) is 0. The van der Waals surface area contributed by atoms with E-state index < -0.39 is 14.6 Å². The average molecular weight is 251 g/mol. The average Bonchev–Trinajstić information content (AvgIpc) is 1.62. The molecule has 0 saturated heterocycles. The lowest BCUT2D eigenvalue weighted by Gasteiger charge is -2.23. The maximum atomic E-state index is 12.5. The van der Waals surface area contributed by atoms with Crippen LogP contribution in [-0.2, 0) is 0 Å². The van der Waals surface area contributed by atoms with Gasteiger partial charge in [0.1, 0.15) is 0 Å². The van der Waals surface area contributed by atoms with Crippen LogP contribution in [0.15, 0.2) is 0 Å². The molecular formula is C3Cl5F2. The molecule has 61 valence electrons. The molecule has 0 aromatic rings. The molecule has 0 spiro atoms. The van der Waals surface area contributed by atoms with Gasteiger partial charge in [0, 0.05) is 0 Å². The van der Waals surface area contributed by atoms with Crippen LogP contribution in [0, 0.1) is 4.84 Å². The molecule has 0 aliphatic heterocycles. The van der Waals surface area contributed by atoms with Crippen molar-refractivity contribution in [2.45, 2.75) is 9.72 Å². The van der Waals surface area contributed by atoms with E-state index in [1.54, 1.807) is 0 Å². The molecule has 0 heterocycles. The second-order valence-electron chi connectivity index (χ2n) is 1.33. The highest BCUT2D eigenvalue weighted by molar-refractivity contribution is 6.61. The van der Waals surface area contributed by atoms with Crippen LogP contribution in [0.4, 0.5) is 8.78 Å². The van der Waals surface area contributed by atoms with Gasteiger partial charge in [-0.25, -0.2) is 8.78 Å². The summed E-state index contributed by atoms with van der Waals surface area (Å²) in [4.78, 5) is -1.08. The van der Waals surface area contributed by atoms with Crippen molar-refractivity contribution >= 4 is 58.0 Å².